The van der Waals surface area contributed by atoms with Crippen LogP contribution in [0, 0.1) is 28.6 Å². The Morgan fingerprint density at radius 3 is 2.73 bits per heavy atom. The number of fused-ring (bicyclic) bond motifs is 5. The minimum atomic E-state index is -1.31. The van der Waals surface area contributed by atoms with E-state index >= 15 is 0 Å². The van der Waals surface area contributed by atoms with Gasteiger partial charge in [-0.2, -0.15) is 0 Å². The van der Waals surface area contributed by atoms with Gasteiger partial charge in [0.15, 0.2) is 12.0 Å². The van der Waals surface area contributed by atoms with E-state index < -0.39 is 17.7 Å². The average Bonchev–Trinajstić information content (AvgIpc) is 2.71. The van der Waals surface area contributed by atoms with Crippen LogP contribution in [0.1, 0.15) is 58.8 Å². The molecule has 0 saturated heterocycles. The fourth-order valence-electron chi connectivity index (χ4n) is 6.44. The lowest BCUT2D eigenvalue weighted by Gasteiger charge is -2.57. The number of carbonyl (C=O) groups excluding carboxylic acids is 1. The third kappa shape index (κ3) is 1.72. The van der Waals surface area contributed by atoms with E-state index in [1.165, 1.54) is 24.8 Å². The van der Waals surface area contributed by atoms with Crippen LogP contribution < -0.4 is 0 Å². The van der Waals surface area contributed by atoms with Gasteiger partial charge in [-0.15, -0.1) is 0 Å². The SMILES string of the molecule is C[C@]12CCCCC1=CC(O)[C@@H]1[C@@H]2CC[C@]2(C)C(=O)[C@@H](F)C[C@@H]12. The molecule has 0 heterocycles. The minimum absolute atomic E-state index is 0.0142. The summed E-state index contributed by atoms with van der Waals surface area (Å²) in [5, 5.41) is 10.8. The van der Waals surface area contributed by atoms with Crippen molar-refractivity contribution in [3.8, 4) is 0 Å². The highest BCUT2D eigenvalue weighted by Gasteiger charge is 2.62. The molecule has 3 saturated carbocycles. The number of aliphatic hydroxyl groups excluding tert-OH is 1. The molecule has 22 heavy (non-hydrogen) atoms. The molecular weight excluding hydrogens is 279 g/mol. The van der Waals surface area contributed by atoms with E-state index in [0.29, 0.717) is 12.3 Å². The molecule has 122 valence electrons. The van der Waals surface area contributed by atoms with Crippen molar-refractivity contribution in [3.63, 3.8) is 0 Å². The molecule has 4 rings (SSSR count). The largest absolute Gasteiger partial charge is 0.389 e. The molecule has 0 aliphatic heterocycles. The predicted molar refractivity (Wildman–Crippen MR) is 83.0 cm³/mol. The summed E-state index contributed by atoms with van der Waals surface area (Å²) in [6.45, 7) is 4.30. The van der Waals surface area contributed by atoms with Crippen LogP contribution in [0.25, 0.3) is 0 Å². The first-order valence-electron chi connectivity index (χ1n) is 8.95. The van der Waals surface area contributed by atoms with Crippen molar-refractivity contribution in [1.29, 1.82) is 0 Å². The van der Waals surface area contributed by atoms with E-state index in [0.717, 1.165) is 19.3 Å². The number of alkyl halides is 1. The van der Waals surface area contributed by atoms with Gasteiger partial charge in [0.1, 0.15) is 0 Å². The molecule has 0 spiro atoms. The third-order valence-corrected chi connectivity index (χ3v) is 7.74. The Bertz CT molecular complexity index is 542. The molecule has 3 heteroatoms. The van der Waals surface area contributed by atoms with Crippen LogP contribution >= 0.6 is 0 Å². The lowest BCUT2D eigenvalue weighted by molar-refractivity contribution is -0.137. The Kier molecular flexibility index (Phi) is 3.15. The van der Waals surface area contributed by atoms with E-state index in [9.17, 15) is 14.3 Å². The molecule has 3 fully saturated rings. The smallest absolute Gasteiger partial charge is 0.173 e. The summed E-state index contributed by atoms with van der Waals surface area (Å²) in [5.41, 5.74) is 1.05. The van der Waals surface area contributed by atoms with Crippen molar-refractivity contribution in [2.45, 2.75) is 71.1 Å². The maximum Gasteiger partial charge on any atom is 0.173 e. The van der Waals surface area contributed by atoms with E-state index in [2.05, 4.69) is 13.0 Å². The lowest BCUT2D eigenvalue weighted by atomic mass is 9.47. The second kappa shape index (κ2) is 4.66. The zero-order valence-electron chi connectivity index (χ0n) is 13.6. The van der Waals surface area contributed by atoms with Gasteiger partial charge in [0.05, 0.1) is 6.10 Å². The summed E-state index contributed by atoms with van der Waals surface area (Å²) in [6, 6.07) is 0. The first-order valence-corrected chi connectivity index (χ1v) is 8.95. The second-order valence-corrected chi connectivity index (χ2v) is 8.62. The fourth-order valence-corrected chi connectivity index (χ4v) is 6.44. The van der Waals surface area contributed by atoms with Crippen molar-refractivity contribution in [1.82, 2.24) is 0 Å². The zero-order chi connectivity index (χ0) is 15.7. The summed E-state index contributed by atoms with van der Waals surface area (Å²) in [6.07, 6.45) is 7.10. The number of Topliss-reactive ketones (excluding diaryl/α,β-unsaturated/α-hetero) is 1. The summed E-state index contributed by atoms with van der Waals surface area (Å²) in [4.78, 5) is 12.3. The highest BCUT2D eigenvalue weighted by Crippen LogP contribution is 2.64. The third-order valence-electron chi connectivity index (χ3n) is 7.74. The van der Waals surface area contributed by atoms with Gasteiger partial charge in [-0.1, -0.05) is 31.9 Å². The molecule has 0 radical (unpaired) electrons. The van der Waals surface area contributed by atoms with Crippen LogP contribution in [-0.2, 0) is 4.79 Å². The monoisotopic (exact) mass is 306 g/mol. The number of allylic oxidation sites excluding steroid dienone is 1. The molecule has 0 amide bonds. The van der Waals surface area contributed by atoms with Gasteiger partial charge in [0, 0.05) is 5.41 Å². The molecular formula is C19H27FO2. The van der Waals surface area contributed by atoms with E-state index in [1.807, 2.05) is 6.92 Å². The van der Waals surface area contributed by atoms with Gasteiger partial charge < -0.3 is 5.11 Å². The minimum Gasteiger partial charge on any atom is -0.389 e. The second-order valence-electron chi connectivity index (χ2n) is 8.62. The maximum atomic E-state index is 14.1. The normalized spacial score (nSPS) is 54.3. The number of aliphatic hydroxyl groups is 1. The highest BCUT2D eigenvalue weighted by atomic mass is 19.1. The quantitative estimate of drug-likeness (QED) is 0.691. The first kappa shape index (κ1) is 14.9. The van der Waals surface area contributed by atoms with Crippen molar-refractivity contribution in [3.05, 3.63) is 11.6 Å². The number of ketones is 1. The topological polar surface area (TPSA) is 37.3 Å². The highest BCUT2D eigenvalue weighted by molar-refractivity contribution is 5.91. The molecule has 1 unspecified atom stereocenters. The van der Waals surface area contributed by atoms with Gasteiger partial charge in [-0.05, 0) is 61.7 Å². The van der Waals surface area contributed by atoms with E-state index in [4.69, 9.17) is 0 Å². The lowest BCUT2D eigenvalue weighted by Crippen LogP contribution is -2.54. The summed E-state index contributed by atoms with van der Waals surface area (Å²) in [7, 11) is 0. The fraction of sp³-hybridized carbons (Fsp3) is 0.842. The maximum absolute atomic E-state index is 14.1. The van der Waals surface area contributed by atoms with E-state index in [-0.39, 0.29) is 23.0 Å². The molecule has 7 atom stereocenters. The molecule has 1 N–H and O–H groups in total. The summed E-state index contributed by atoms with van der Waals surface area (Å²) >= 11 is 0. The number of hydrogen-bond donors (Lipinski definition) is 1. The summed E-state index contributed by atoms with van der Waals surface area (Å²) < 4.78 is 14.1. The predicted octanol–water partition coefficient (Wildman–Crippen LogP) is 3.83. The number of rotatable bonds is 0. The van der Waals surface area contributed by atoms with Crippen molar-refractivity contribution < 1.29 is 14.3 Å². The van der Waals surface area contributed by atoms with Crippen molar-refractivity contribution in [2.75, 3.05) is 0 Å². The average molecular weight is 306 g/mol. The molecule has 0 aromatic heterocycles. The van der Waals surface area contributed by atoms with Crippen LogP contribution in [0.5, 0.6) is 0 Å². The zero-order valence-corrected chi connectivity index (χ0v) is 13.6. The Balaban J connectivity index is 1.76. The Labute approximate surface area is 132 Å². The molecule has 0 bridgehead atoms. The van der Waals surface area contributed by atoms with Gasteiger partial charge >= 0.3 is 0 Å². The van der Waals surface area contributed by atoms with Crippen LogP contribution in [0.2, 0.25) is 0 Å². The van der Waals surface area contributed by atoms with Crippen molar-refractivity contribution >= 4 is 5.78 Å². The molecule has 0 aromatic carbocycles. The van der Waals surface area contributed by atoms with Crippen LogP contribution in [-0.4, -0.2) is 23.2 Å². The Morgan fingerprint density at radius 1 is 1.18 bits per heavy atom. The molecule has 0 aromatic rings. The Morgan fingerprint density at radius 2 is 1.95 bits per heavy atom. The summed E-state index contributed by atoms with van der Waals surface area (Å²) in [5.74, 6) is 0.293. The van der Waals surface area contributed by atoms with Crippen molar-refractivity contribution in [2.24, 2.45) is 28.6 Å². The van der Waals surface area contributed by atoms with Crippen LogP contribution in [0.3, 0.4) is 0 Å². The van der Waals surface area contributed by atoms with Gasteiger partial charge in [0.25, 0.3) is 0 Å². The Hall–Kier alpha value is -0.700. The molecule has 2 nitrogen and oxygen atoms in total. The van der Waals surface area contributed by atoms with E-state index in [1.54, 1.807) is 0 Å². The number of halogens is 1. The van der Waals surface area contributed by atoms with Gasteiger partial charge in [-0.3, -0.25) is 4.79 Å². The number of hydrogen-bond acceptors (Lipinski definition) is 2. The van der Waals surface area contributed by atoms with Crippen LogP contribution in [0.15, 0.2) is 11.6 Å². The van der Waals surface area contributed by atoms with Gasteiger partial charge in [-0.25, -0.2) is 4.39 Å². The molecule has 4 aliphatic carbocycles. The number of carbonyl (C=O) groups is 1. The van der Waals surface area contributed by atoms with Crippen LogP contribution in [0.4, 0.5) is 4.39 Å². The standard InChI is InChI=1S/C19H27FO2/c1-18-7-4-3-5-11(18)9-15(21)16-12(18)6-8-19(2)13(16)10-14(20)17(19)22/h9,12-16,21H,3-8,10H2,1-2H3/t12-,13-,14-,15?,16+,18-,19-/m0/s1. The molecule has 4 aliphatic rings. The first-order chi connectivity index (χ1) is 10.4. The van der Waals surface area contributed by atoms with Gasteiger partial charge in [0.2, 0.25) is 0 Å².